The number of aromatic nitrogens is 1. The number of anilines is 1. The summed E-state index contributed by atoms with van der Waals surface area (Å²) in [6.45, 7) is 0.146. The molecule has 2 heterocycles. The van der Waals surface area contributed by atoms with Crippen molar-refractivity contribution in [3.8, 4) is 10.6 Å². The van der Waals surface area contributed by atoms with Gasteiger partial charge in [-0.3, -0.25) is 0 Å². The lowest BCUT2D eigenvalue weighted by Gasteiger charge is -2.45. The second-order valence-corrected chi connectivity index (χ2v) is 9.06. The van der Waals surface area contributed by atoms with E-state index in [4.69, 9.17) is 0 Å². The van der Waals surface area contributed by atoms with Crippen LogP contribution in [0.3, 0.4) is 0 Å². The van der Waals surface area contributed by atoms with E-state index in [0.717, 1.165) is 22.2 Å². The molecule has 1 aromatic heterocycles. The fourth-order valence-corrected chi connectivity index (χ4v) is 4.96. The first-order valence-corrected chi connectivity index (χ1v) is 11.1. The minimum absolute atomic E-state index is 0.0732. The summed E-state index contributed by atoms with van der Waals surface area (Å²) in [5.74, 6) is -1.06. The molecule has 0 saturated carbocycles. The Morgan fingerprint density at radius 1 is 1.12 bits per heavy atom. The lowest BCUT2D eigenvalue weighted by Crippen LogP contribution is -2.66. The predicted molar refractivity (Wildman–Crippen MR) is 123 cm³/mol. The Morgan fingerprint density at radius 2 is 1.91 bits per heavy atom. The molecule has 5 nitrogen and oxygen atoms in total. The summed E-state index contributed by atoms with van der Waals surface area (Å²) in [5.41, 5.74) is 2.75. The van der Waals surface area contributed by atoms with Crippen molar-refractivity contribution in [2.24, 2.45) is 0 Å². The van der Waals surface area contributed by atoms with Gasteiger partial charge in [-0.2, -0.15) is 0 Å². The molecule has 162 valence electrons. The number of fused-ring (bicyclic) bond motifs is 1. The first-order chi connectivity index (χ1) is 15.4. The average Bonchev–Trinajstić information content (AvgIpc) is 3.20. The molecule has 1 aliphatic rings. The molecule has 1 saturated heterocycles. The number of nitrogens with zero attached hydrogens (tertiary/aromatic N) is 2. The number of benzene rings is 3. The van der Waals surface area contributed by atoms with Crippen molar-refractivity contribution in [1.29, 1.82) is 0 Å². The fourth-order valence-electron chi connectivity index (χ4n) is 3.99. The summed E-state index contributed by atoms with van der Waals surface area (Å²) >= 11 is 1.45. The monoisotopic (exact) mass is 448 g/mol. The summed E-state index contributed by atoms with van der Waals surface area (Å²) in [6.07, 6.45) is 0.820. The van der Waals surface area contributed by atoms with E-state index in [0.29, 0.717) is 16.3 Å². The highest BCUT2D eigenvalue weighted by Gasteiger charge is 2.49. The minimum Gasteiger partial charge on any atom is -0.467 e. The van der Waals surface area contributed by atoms with Gasteiger partial charge in [-0.1, -0.05) is 36.4 Å². The van der Waals surface area contributed by atoms with Crippen molar-refractivity contribution in [3.63, 3.8) is 0 Å². The van der Waals surface area contributed by atoms with Gasteiger partial charge in [-0.25, -0.2) is 14.2 Å². The van der Waals surface area contributed by atoms with Crippen LogP contribution in [0, 0.1) is 5.82 Å². The summed E-state index contributed by atoms with van der Waals surface area (Å²) in [5, 5.41) is 10.8. The predicted octanol–water partition coefficient (Wildman–Crippen LogP) is 4.42. The Labute approximate surface area is 188 Å². The topological polar surface area (TPSA) is 62.7 Å². The zero-order valence-corrected chi connectivity index (χ0v) is 18.2. The lowest BCUT2D eigenvalue weighted by molar-refractivity contribution is -0.164. The number of aliphatic hydroxyl groups is 1. The summed E-state index contributed by atoms with van der Waals surface area (Å²) < 4.78 is 20.6. The van der Waals surface area contributed by atoms with Crippen LogP contribution >= 0.6 is 11.3 Å². The molecule has 0 atom stereocenters. The SMILES string of the molecule is COC(=O)C1(O)CN(c2ccc(-c3nc4cc(Cc5ccccc5)ccc4s3)c(F)c2)C1. The summed E-state index contributed by atoms with van der Waals surface area (Å²) in [6, 6.07) is 21.3. The first-order valence-electron chi connectivity index (χ1n) is 10.2. The molecule has 0 spiro atoms. The normalized spacial score (nSPS) is 14.9. The number of carbonyl (C=O) groups excluding carboxylic acids is 1. The van der Waals surface area contributed by atoms with Crippen LogP contribution in [0.2, 0.25) is 0 Å². The minimum atomic E-state index is -1.53. The van der Waals surface area contributed by atoms with Crippen molar-refractivity contribution in [3.05, 3.63) is 83.7 Å². The van der Waals surface area contributed by atoms with Gasteiger partial charge >= 0.3 is 5.97 Å². The third-order valence-corrected chi connectivity index (χ3v) is 6.79. The Morgan fingerprint density at radius 3 is 2.62 bits per heavy atom. The molecule has 1 fully saturated rings. The van der Waals surface area contributed by atoms with Gasteiger partial charge in [-0.05, 0) is 47.9 Å². The van der Waals surface area contributed by atoms with Crippen LogP contribution in [0.25, 0.3) is 20.8 Å². The maximum absolute atomic E-state index is 15.0. The van der Waals surface area contributed by atoms with Crippen LogP contribution in [-0.2, 0) is 16.0 Å². The molecule has 1 N–H and O–H groups in total. The number of hydrogen-bond donors (Lipinski definition) is 1. The van der Waals surface area contributed by atoms with Gasteiger partial charge in [0.1, 0.15) is 10.8 Å². The Kier molecular flexibility index (Phi) is 5.15. The van der Waals surface area contributed by atoms with E-state index in [1.54, 1.807) is 17.0 Å². The molecule has 1 aliphatic heterocycles. The lowest BCUT2D eigenvalue weighted by atomic mass is 9.93. The second kappa shape index (κ2) is 8.00. The van der Waals surface area contributed by atoms with E-state index in [1.165, 1.54) is 30.1 Å². The average molecular weight is 449 g/mol. The van der Waals surface area contributed by atoms with Crippen molar-refractivity contribution in [1.82, 2.24) is 4.98 Å². The summed E-state index contributed by atoms with van der Waals surface area (Å²) in [4.78, 5) is 18.0. The number of thiazole rings is 1. The van der Waals surface area contributed by atoms with Gasteiger partial charge in [0.2, 0.25) is 0 Å². The number of rotatable bonds is 5. The van der Waals surface area contributed by atoms with Gasteiger partial charge in [0.05, 0.1) is 30.4 Å². The molecular formula is C25H21FN2O3S. The number of halogens is 1. The van der Waals surface area contributed by atoms with E-state index >= 15 is 0 Å². The van der Waals surface area contributed by atoms with Crippen LogP contribution in [-0.4, -0.2) is 41.9 Å². The number of methoxy groups -OCH3 is 1. The first kappa shape index (κ1) is 20.6. The molecule has 4 aromatic rings. The van der Waals surface area contributed by atoms with Crippen LogP contribution < -0.4 is 4.90 Å². The van der Waals surface area contributed by atoms with E-state index in [-0.39, 0.29) is 18.9 Å². The van der Waals surface area contributed by atoms with Gasteiger partial charge in [0.15, 0.2) is 5.60 Å². The summed E-state index contributed by atoms with van der Waals surface area (Å²) in [7, 11) is 1.24. The number of carbonyl (C=O) groups is 1. The van der Waals surface area contributed by atoms with E-state index in [2.05, 4.69) is 34.0 Å². The second-order valence-electron chi connectivity index (χ2n) is 8.03. The molecule has 0 aliphatic carbocycles. The third kappa shape index (κ3) is 3.74. The molecule has 5 rings (SSSR count). The van der Waals surface area contributed by atoms with Crippen molar-refractivity contribution in [2.45, 2.75) is 12.0 Å². The molecule has 0 radical (unpaired) electrons. The van der Waals surface area contributed by atoms with Crippen LogP contribution in [0.5, 0.6) is 0 Å². The Hall–Kier alpha value is -3.29. The molecule has 0 bridgehead atoms. The zero-order valence-electron chi connectivity index (χ0n) is 17.4. The number of β-amino-alcohol motifs (C(OH)–C–C–N with tert-alkyl or cyclic N) is 1. The van der Waals surface area contributed by atoms with Crippen LogP contribution in [0.1, 0.15) is 11.1 Å². The highest BCUT2D eigenvalue weighted by Crippen LogP contribution is 2.35. The number of ether oxygens (including phenoxy) is 1. The van der Waals surface area contributed by atoms with E-state index in [9.17, 15) is 14.3 Å². The molecular weight excluding hydrogens is 427 g/mol. The zero-order chi connectivity index (χ0) is 22.3. The van der Waals surface area contributed by atoms with Gasteiger partial charge in [-0.15, -0.1) is 11.3 Å². The Bertz CT molecular complexity index is 1300. The molecule has 32 heavy (non-hydrogen) atoms. The number of hydrogen-bond acceptors (Lipinski definition) is 6. The highest BCUT2D eigenvalue weighted by atomic mass is 32.1. The molecule has 0 amide bonds. The quantitative estimate of drug-likeness (QED) is 0.458. The molecule has 3 aromatic carbocycles. The maximum atomic E-state index is 15.0. The van der Waals surface area contributed by atoms with Crippen molar-refractivity contribution < 1.29 is 19.0 Å². The highest BCUT2D eigenvalue weighted by molar-refractivity contribution is 7.21. The largest absolute Gasteiger partial charge is 0.467 e. The Balaban J connectivity index is 1.36. The smallest absolute Gasteiger partial charge is 0.341 e. The van der Waals surface area contributed by atoms with Gasteiger partial charge < -0.3 is 14.7 Å². The van der Waals surface area contributed by atoms with Crippen molar-refractivity contribution in [2.75, 3.05) is 25.1 Å². The van der Waals surface area contributed by atoms with Gasteiger partial charge in [0, 0.05) is 11.3 Å². The molecule has 7 heteroatoms. The standard InChI is InChI=1S/C25H21FN2O3S/c1-31-24(29)25(30)14-28(15-25)18-8-9-19(20(26)13-18)23-27-21-12-17(7-10-22(21)32-23)11-16-5-3-2-4-6-16/h2-10,12-13,30H,11,14-15H2,1H3. The van der Waals surface area contributed by atoms with Crippen molar-refractivity contribution >= 4 is 33.2 Å². The van der Waals surface area contributed by atoms with E-state index < -0.39 is 11.6 Å². The third-order valence-electron chi connectivity index (χ3n) is 5.72. The number of esters is 1. The fraction of sp³-hybridized carbons (Fsp3) is 0.200. The maximum Gasteiger partial charge on any atom is 0.341 e. The van der Waals surface area contributed by atoms with Gasteiger partial charge in [0.25, 0.3) is 0 Å². The van der Waals surface area contributed by atoms with E-state index in [1.807, 2.05) is 24.3 Å². The molecule has 0 unspecified atom stereocenters. The van der Waals surface area contributed by atoms with Crippen LogP contribution in [0.15, 0.2) is 66.7 Å². The van der Waals surface area contributed by atoms with Crippen LogP contribution in [0.4, 0.5) is 10.1 Å².